The number of pyridine rings is 1. The molecule has 0 saturated heterocycles. The van der Waals surface area contributed by atoms with Crippen LogP contribution in [0.3, 0.4) is 0 Å². The Balaban J connectivity index is 0.000000308. The van der Waals surface area contributed by atoms with Gasteiger partial charge in [-0.2, -0.15) is 0 Å². The lowest BCUT2D eigenvalue weighted by Crippen LogP contribution is -2.33. The number of hydrogen-bond donors (Lipinski definition) is 4. The van der Waals surface area contributed by atoms with E-state index in [0.717, 1.165) is 10.9 Å². The molecule has 28 nitrogen and oxygen atoms in total. The number of ketones is 4. The summed E-state index contributed by atoms with van der Waals surface area (Å²) in [6, 6.07) is 25.9. The zero-order chi connectivity index (χ0) is 78.2. The minimum atomic E-state index is -1.09. The predicted octanol–water partition coefficient (Wildman–Crippen LogP) is 11.9. The number of carbonyl (C=O) groups excluding carboxylic acids is 12. The number of imide groups is 2. The van der Waals surface area contributed by atoms with Gasteiger partial charge in [-0.25, -0.2) is 19.6 Å². The van der Waals surface area contributed by atoms with E-state index in [4.69, 9.17) is 24.9 Å². The molecule has 0 fully saturated rings. The molecule has 107 heavy (non-hydrogen) atoms. The lowest BCUT2D eigenvalue weighted by molar-refractivity contribution is -0.384. The highest BCUT2D eigenvalue weighted by Gasteiger charge is 2.32. The number of non-ortho nitro benzene ring substituents is 1. The first-order valence-corrected chi connectivity index (χ1v) is 36.0. The van der Waals surface area contributed by atoms with E-state index >= 15 is 0 Å². The van der Waals surface area contributed by atoms with Gasteiger partial charge in [0.15, 0.2) is 5.82 Å². The molecule has 0 radical (unpaired) electrons. The number of carbonyl (C=O) groups is 12. The highest BCUT2D eigenvalue weighted by molar-refractivity contribution is 6.13. The second kappa shape index (κ2) is 39.3. The molecule has 0 spiro atoms. The fourth-order valence-electron chi connectivity index (χ4n) is 12.2. The number of ether oxygens (including phenoxy) is 3. The summed E-state index contributed by atoms with van der Waals surface area (Å²) < 4.78 is 17.6. The summed E-state index contributed by atoms with van der Waals surface area (Å²) in [6.07, 6.45) is 7.97. The molecule has 0 aliphatic carbocycles. The van der Waals surface area contributed by atoms with E-state index in [2.05, 4.69) is 15.6 Å². The monoisotopic (exact) mass is 1470 g/mol. The second-order valence-corrected chi connectivity index (χ2v) is 28.2. The summed E-state index contributed by atoms with van der Waals surface area (Å²) in [5.41, 5.74) is 9.32. The van der Waals surface area contributed by atoms with Crippen LogP contribution in [0.4, 0.5) is 32.5 Å². The minimum absolute atomic E-state index is 0.00918. The Labute approximate surface area is 620 Å². The molecule has 0 unspecified atom stereocenters. The molecule has 2 aliphatic rings. The van der Waals surface area contributed by atoms with Crippen molar-refractivity contribution in [2.24, 2.45) is 35.5 Å². The van der Waals surface area contributed by atoms with E-state index in [1.54, 1.807) is 76.2 Å². The number of amides is 7. The van der Waals surface area contributed by atoms with Gasteiger partial charge >= 0.3 is 12.2 Å². The Morgan fingerprint density at radius 2 is 1.07 bits per heavy atom. The van der Waals surface area contributed by atoms with Gasteiger partial charge < -0.3 is 45.2 Å². The number of fused-ring (bicyclic) bond motifs is 3. The molecule has 0 saturated carbocycles. The SMILES string of the molecule is CC(C)[C@H](CC(=O)CCCCCN1C(=O)C=CC1=O)C(=O)C[C@@H](C)C(=O)Nc1ccc(COC(=O)Oc2ccc([N+](=O)[O-])cc2)cc1.CCN(Cc1nc2c(N)nc3ccccc3c2n1CC(C)(C)O)C(=O)OCc1ccc(NC(=O)[C@H](C)CC(=O)[C@@H](CC(=O)CCCCCN2C(=O)C=CC2=O)C(C)C)cc1. The molecule has 0 bridgehead atoms. The van der Waals surface area contributed by atoms with Crippen LogP contribution < -0.4 is 21.1 Å². The number of aromatic nitrogens is 3. The van der Waals surface area contributed by atoms with Crippen molar-refractivity contribution >= 4 is 116 Å². The smallest absolute Gasteiger partial charge is 0.445 e. The van der Waals surface area contributed by atoms with Crippen molar-refractivity contribution in [3.8, 4) is 5.75 Å². The van der Waals surface area contributed by atoms with Crippen LogP contribution in [-0.2, 0) is 83.7 Å². The van der Waals surface area contributed by atoms with Gasteiger partial charge in [-0.15, -0.1) is 0 Å². The van der Waals surface area contributed by atoms with Crippen LogP contribution in [0.5, 0.6) is 5.75 Å². The standard InChI is InChI=1S/C45H57N7O8.C34H39N3O10/c1-7-50(25-37-49-40-41(52(37)27-45(5,6)59)33-14-10-11-15-35(33)48-42(40)46)44(58)60-26-30-16-18-31(19-17-30)47-43(57)29(4)23-36(54)34(28(2)3)24-32(53)13-9-8-12-22-51-38(55)20-21-39(51)56;1-22(2)29(20-27(38)7-5-4-6-18-36-31(40)16-17-32(36)41)30(39)19-23(3)33(42)35-25-10-8-24(9-11-25)21-46-34(43)47-28-14-12-26(13-15-28)37(44)45/h10-11,14-21,28-29,34,59H,7-9,12-13,22-27H2,1-6H3,(H2,46,48)(H,47,57);8-17,22-23,29H,4-7,18-21H2,1-3H3,(H,35,42)/t29-,34+;23-,29+/m11/s1. The number of aliphatic hydroxyl groups is 1. The number of nitrogens with zero attached hydrogens (tertiary/aromatic N) is 7. The fourth-order valence-corrected chi connectivity index (χ4v) is 12.2. The van der Waals surface area contributed by atoms with Crippen LogP contribution in [0.1, 0.15) is 156 Å². The number of nitrogens with one attached hydrogen (secondary N) is 2. The third kappa shape index (κ3) is 25.0. The Bertz CT molecular complexity index is 4250. The number of benzene rings is 4. The number of nitrogens with two attached hydrogens (primary N) is 1. The molecule has 7 amide bonds. The number of nitro groups is 1. The molecular formula is C79H96N10O18. The summed E-state index contributed by atoms with van der Waals surface area (Å²) >= 11 is 0. The molecule has 6 aromatic rings. The van der Waals surface area contributed by atoms with Crippen molar-refractivity contribution in [1.82, 2.24) is 29.2 Å². The third-order valence-corrected chi connectivity index (χ3v) is 18.3. The number of nitrogen functional groups attached to an aromatic ring is 1. The average Bonchev–Trinajstić information content (AvgIpc) is 1.61. The summed E-state index contributed by atoms with van der Waals surface area (Å²) in [5.74, 6) is -3.89. The number of Topliss-reactive ketones (excluding diaryl/α,β-unsaturated/α-hetero) is 4. The van der Waals surface area contributed by atoms with E-state index < -0.39 is 46.4 Å². The van der Waals surface area contributed by atoms with Gasteiger partial charge in [0.25, 0.3) is 29.3 Å². The lowest BCUT2D eigenvalue weighted by Gasteiger charge is -2.24. The van der Waals surface area contributed by atoms with Crippen molar-refractivity contribution in [3.05, 3.63) is 148 Å². The first-order chi connectivity index (χ1) is 50.8. The van der Waals surface area contributed by atoms with E-state index in [-0.39, 0.29) is 140 Å². The summed E-state index contributed by atoms with van der Waals surface area (Å²) in [7, 11) is 0. The van der Waals surface area contributed by atoms with E-state index in [1.165, 1.54) is 63.3 Å². The summed E-state index contributed by atoms with van der Waals surface area (Å²) in [6.45, 7) is 17.2. The molecule has 4 heterocycles. The molecule has 4 aromatic carbocycles. The maximum atomic E-state index is 13.4. The topological polar surface area (TPSA) is 386 Å². The fraction of sp³-hybridized carbons (Fsp3) is 0.443. The quantitative estimate of drug-likeness (QED) is 0.00695. The summed E-state index contributed by atoms with van der Waals surface area (Å²) in [5, 5.41) is 28.0. The van der Waals surface area contributed by atoms with Gasteiger partial charge in [0.2, 0.25) is 11.8 Å². The number of rotatable bonds is 39. The van der Waals surface area contributed by atoms with Crippen LogP contribution in [0.15, 0.2) is 121 Å². The van der Waals surface area contributed by atoms with Gasteiger partial charge in [-0.3, -0.25) is 67.9 Å². The first-order valence-electron chi connectivity index (χ1n) is 36.0. The molecule has 2 aliphatic heterocycles. The molecular weight excluding hydrogens is 1380 g/mol. The van der Waals surface area contributed by atoms with Crippen molar-refractivity contribution in [2.45, 2.75) is 171 Å². The summed E-state index contributed by atoms with van der Waals surface area (Å²) in [4.78, 5) is 173. The first kappa shape index (κ1) is 83.1. The van der Waals surface area contributed by atoms with Gasteiger partial charge in [0.1, 0.15) is 53.4 Å². The zero-order valence-electron chi connectivity index (χ0n) is 62.0. The minimum Gasteiger partial charge on any atom is -0.445 e. The van der Waals surface area contributed by atoms with Crippen molar-refractivity contribution in [1.29, 1.82) is 0 Å². The van der Waals surface area contributed by atoms with Gasteiger partial charge in [-0.05, 0) is 112 Å². The van der Waals surface area contributed by atoms with Gasteiger partial charge in [-0.1, -0.05) is 96.8 Å². The van der Waals surface area contributed by atoms with Crippen LogP contribution in [0, 0.1) is 45.6 Å². The number of nitro benzene ring substituents is 1. The van der Waals surface area contributed by atoms with Gasteiger partial charge in [0.05, 0.1) is 34.6 Å². The number of hydrogen-bond acceptors (Lipinski definition) is 21. The highest BCUT2D eigenvalue weighted by atomic mass is 16.7. The third-order valence-electron chi connectivity index (χ3n) is 18.3. The van der Waals surface area contributed by atoms with Crippen LogP contribution in [-0.4, -0.2) is 135 Å². The normalized spacial score (nSPS) is 13.9. The van der Waals surface area contributed by atoms with Crippen molar-refractivity contribution < 1.29 is 81.8 Å². The Morgan fingerprint density at radius 3 is 1.50 bits per heavy atom. The van der Waals surface area contributed by atoms with E-state index in [0.29, 0.717) is 110 Å². The van der Waals surface area contributed by atoms with Gasteiger partial charge in [0, 0.05) is 135 Å². The van der Waals surface area contributed by atoms with Crippen LogP contribution in [0.25, 0.3) is 21.9 Å². The molecule has 570 valence electrons. The molecule has 4 atom stereocenters. The molecule has 2 aromatic heterocycles. The van der Waals surface area contributed by atoms with Crippen molar-refractivity contribution in [2.75, 3.05) is 36.0 Å². The Hall–Kier alpha value is -11.2. The lowest BCUT2D eigenvalue weighted by atomic mass is 9.83. The number of para-hydroxylation sites is 1. The van der Waals surface area contributed by atoms with Crippen LogP contribution in [0.2, 0.25) is 0 Å². The molecule has 8 rings (SSSR count). The Kier molecular flexibility index (Phi) is 30.5. The maximum Gasteiger partial charge on any atom is 0.514 e. The number of imidazole rings is 1. The average molecular weight is 1470 g/mol. The zero-order valence-corrected chi connectivity index (χ0v) is 62.0. The van der Waals surface area contributed by atoms with Crippen molar-refractivity contribution in [3.63, 3.8) is 0 Å². The number of unbranched alkanes of at least 4 members (excludes halogenated alkanes) is 4. The van der Waals surface area contributed by atoms with Crippen LogP contribution >= 0.6 is 0 Å². The van der Waals surface area contributed by atoms with E-state index in [9.17, 15) is 72.8 Å². The second-order valence-electron chi connectivity index (χ2n) is 28.2. The highest BCUT2D eigenvalue weighted by Crippen LogP contribution is 2.32. The largest absolute Gasteiger partial charge is 0.514 e. The van der Waals surface area contributed by atoms with E-state index in [1.807, 2.05) is 63.5 Å². The predicted molar refractivity (Wildman–Crippen MR) is 398 cm³/mol. The Morgan fingerprint density at radius 1 is 0.607 bits per heavy atom. The molecule has 28 heteroatoms. The molecule has 5 N–H and O–H groups in total. The maximum absolute atomic E-state index is 13.4. The number of anilines is 3.